The molecule has 5 nitrogen and oxygen atoms in total. The Bertz CT molecular complexity index is 424. The SMILES string of the molecule is Cc1cc(N2CCN(CCO)CC(N)C2)ccc1N. The van der Waals surface area contributed by atoms with Crippen LogP contribution in [0.4, 0.5) is 11.4 Å². The molecule has 5 heteroatoms. The largest absolute Gasteiger partial charge is 0.399 e. The van der Waals surface area contributed by atoms with Gasteiger partial charge in [0.2, 0.25) is 0 Å². The molecular weight excluding hydrogens is 240 g/mol. The monoisotopic (exact) mass is 264 g/mol. The molecule has 0 aliphatic carbocycles. The molecule has 0 radical (unpaired) electrons. The summed E-state index contributed by atoms with van der Waals surface area (Å²) in [5, 5.41) is 9.04. The van der Waals surface area contributed by atoms with Crippen molar-refractivity contribution in [2.45, 2.75) is 13.0 Å². The predicted octanol–water partition coefficient (Wildman–Crippen LogP) is 0.0188. The van der Waals surface area contributed by atoms with Crippen LogP contribution in [-0.4, -0.2) is 55.4 Å². The zero-order chi connectivity index (χ0) is 13.8. The van der Waals surface area contributed by atoms with Crippen LogP contribution in [0.25, 0.3) is 0 Å². The van der Waals surface area contributed by atoms with E-state index in [-0.39, 0.29) is 12.6 Å². The van der Waals surface area contributed by atoms with Gasteiger partial charge in [-0.05, 0) is 30.7 Å². The van der Waals surface area contributed by atoms with Gasteiger partial charge >= 0.3 is 0 Å². The summed E-state index contributed by atoms with van der Waals surface area (Å²) in [7, 11) is 0. The van der Waals surface area contributed by atoms with Gasteiger partial charge in [-0.1, -0.05) is 0 Å². The molecule has 1 unspecified atom stereocenters. The number of benzene rings is 1. The lowest BCUT2D eigenvalue weighted by Gasteiger charge is -2.25. The maximum absolute atomic E-state index is 9.04. The third-order valence-electron chi connectivity index (χ3n) is 3.67. The minimum absolute atomic E-state index is 0.104. The Kier molecular flexibility index (Phi) is 4.63. The number of nitrogens with zero attached hydrogens (tertiary/aromatic N) is 2. The molecule has 1 aliphatic rings. The molecule has 1 fully saturated rings. The Morgan fingerprint density at radius 2 is 2.11 bits per heavy atom. The second kappa shape index (κ2) is 6.23. The molecule has 1 atom stereocenters. The number of rotatable bonds is 3. The van der Waals surface area contributed by atoms with Crippen LogP contribution >= 0.6 is 0 Å². The van der Waals surface area contributed by atoms with E-state index in [1.54, 1.807) is 0 Å². The Morgan fingerprint density at radius 3 is 2.79 bits per heavy atom. The molecule has 106 valence electrons. The number of β-amino-alcohol motifs (C(OH)–C–C–N with tert-alkyl or cyclic N) is 1. The number of aryl methyl sites for hydroxylation is 1. The van der Waals surface area contributed by atoms with Crippen molar-refractivity contribution in [1.82, 2.24) is 4.90 Å². The van der Waals surface area contributed by atoms with Gasteiger partial charge in [-0.15, -0.1) is 0 Å². The number of nitrogen functional groups attached to an aromatic ring is 1. The van der Waals surface area contributed by atoms with E-state index < -0.39 is 0 Å². The molecule has 0 saturated carbocycles. The highest BCUT2D eigenvalue weighted by atomic mass is 16.3. The molecule has 0 amide bonds. The van der Waals surface area contributed by atoms with Gasteiger partial charge in [0, 0.05) is 50.1 Å². The molecule has 19 heavy (non-hydrogen) atoms. The molecule has 1 heterocycles. The third kappa shape index (κ3) is 3.59. The first-order valence-corrected chi connectivity index (χ1v) is 6.80. The van der Waals surface area contributed by atoms with Gasteiger partial charge in [0.1, 0.15) is 0 Å². The Morgan fingerprint density at radius 1 is 1.32 bits per heavy atom. The van der Waals surface area contributed by atoms with Gasteiger partial charge in [0.25, 0.3) is 0 Å². The zero-order valence-electron chi connectivity index (χ0n) is 11.5. The summed E-state index contributed by atoms with van der Waals surface area (Å²) in [6.45, 7) is 6.44. The summed E-state index contributed by atoms with van der Waals surface area (Å²) in [5.41, 5.74) is 15.1. The summed E-state index contributed by atoms with van der Waals surface area (Å²) in [6, 6.07) is 6.22. The van der Waals surface area contributed by atoms with Gasteiger partial charge in [-0.25, -0.2) is 0 Å². The molecule has 0 aromatic heterocycles. The lowest BCUT2D eigenvalue weighted by Crippen LogP contribution is -2.40. The highest BCUT2D eigenvalue weighted by molar-refractivity contribution is 5.58. The fourth-order valence-corrected chi connectivity index (χ4v) is 2.55. The van der Waals surface area contributed by atoms with E-state index in [1.807, 2.05) is 13.0 Å². The number of aliphatic hydroxyl groups is 1. The first-order valence-electron chi connectivity index (χ1n) is 6.80. The van der Waals surface area contributed by atoms with Crippen molar-refractivity contribution in [1.29, 1.82) is 0 Å². The van der Waals surface area contributed by atoms with E-state index >= 15 is 0 Å². The normalized spacial score (nSPS) is 21.4. The van der Waals surface area contributed by atoms with Crippen molar-refractivity contribution < 1.29 is 5.11 Å². The van der Waals surface area contributed by atoms with Gasteiger partial charge in [-0.3, -0.25) is 4.90 Å². The zero-order valence-corrected chi connectivity index (χ0v) is 11.5. The number of hydrogen-bond acceptors (Lipinski definition) is 5. The van der Waals surface area contributed by atoms with Crippen LogP contribution in [0, 0.1) is 6.92 Å². The van der Waals surface area contributed by atoms with E-state index in [9.17, 15) is 0 Å². The van der Waals surface area contributed by atoms with Crippen LogP contribution in [-0.2, 0) is 0 Å². The van der Waals surface area contributed by atoms with Gasteiger partial charge in [0.05, 0.1) is 6.61 Å². The quantitative estimate of drug-likeness (QED) is 0.671. The maximum atomic E-state index is 9.04. The molecule has 0 bridgehead atoms. The first kappa shape index (κ1) is 14.1. The lowest BCUT2D eigenvalue weighted by molar-refractivity contribution is 0.199. The van der Waals surface area contributed by atoms with Gasteiger partial charge < -0.3 is 21.5 Å². The highest BCUT2D eigenvalue weighted by Crippen LogP contribution is 2.21. The predicted molar refractivity (Wildman–Crippen MR) is 79.3 cm³/mol. The molecule has 0 spiro atoms. The van der Waals surface area contributed by atoms with E-state index in [0.29, 0.717) is 6.54 Å². The minimum Gasteiger partial charge on any atom is -0.399 e. The average molecular weight is 264 g/mol. The van der Waals surface area contributed by atoms with Crippen LogP contribution in [0.15, 0.2) is 18.2 Å². The van der Waals surface area contributed by atoms with Gasteiger partial charge in [-0.2, -0.15) is 0 Å². The van der Waals surface area contributed by atoms with Crippen molar-refractivity contribution in [3.63, 3.8) is 0 Å². The molecule has 1 aromatic carbocycles. The average Bonchev–Trinajstić information content (AvgIpc) is 2.55. The number of aliphatic hydroxyl groups excluding tert-OH is 1. The Hall–Kier alpha value is -1.30. The molecule has 5 N–H and O–H groups in total. The summed E-state index contributed by atoms with van der Waals surface area (Å²) in [4.78, 5) is 4.52. The van der Waals surface area contributed by atoms with Crippen molar-refractivity contribution in [3.05, 3.63) is 23.8 Å². The van der Waals surface area contributed by atoms with Crippen molar-refractivity contribution in [2.24, 2.45) is 5.73 Å². The Balaban J connectivity index is 2.09. The van der Waals surface area contributed by atoms with Crippen LogP contribution in [0.3, 0.4) is 0 Å². The molecule has 1 aromatic rings. The molecule has 2 rings (SSSR count). The fourth-order valence-electron chi connectivity index (χ4n) is 2.55. The van der Waals surface area contributed by atoms with Crippen LogP contribution in [0.1, 0.15) is 5.56 Å². The molecule has 1 saturated heterocycles. The fraction of sp³-hybridized carbons (Fsp3) is 0.571. The molecule has 1 aliphatic heterocycles. The van der Waals surface area contributed by atoms with E-state index in [4.69, 9.17) is 16.6 Å². The summed E-state index contributed by atoms with van der Waals surface area (Å²) < 4.78 is 0. The second-order valence-electron chi connectivity index (χ2n) is 5.27. The van der Waals surface area contributed by atoms with Crippen molar-refractivity contribution in [3.8, 4) is 0 Å². The van der Waals surface area contributed by atoms with Crippen LogP contribution in [0.2, 0.25) is 0 Å². The van der Waals surface area contributed by atoms with E-state index in [1.165, 1.54) is 5.69 Å². The standard InChI is InChI=1S/C14H24N4O/c1-11-8-13(2-3-14(11)16)18-5-4-17(6-7-19)9-12(15)10-18/h2-3,8,12,19H,4-7,9-10,15-16H2,1H3. The summed E-state index contributed by atoms with van der Waals surface area (Å²) in [6.07, 6.45) is 0. The number of hydrogen-bond donors (Lipinski definition) is 3. The lowest BCUT2D eigenvalue weighted by atomic mass is 10.1. The van der Waals surface area contributed by atoms with Crippen LogP contribution < -0.4 is 16.4 Å². The summed E-state index contributed by atoms with van der Waals surface area (Å²) in [5.74, 6) is 0. The topological polar surface area (TPSA) is 78.8 Å². The maximum Gasteiger partial charge on any atom is 0.0558 e. The van der Waals surface area contributed by atoms with Gasteiger partial charge in [0.15, 0.2) is 0 Å². The molecular formula is C14H24N4O. The first-order chi connectivity index (χ1) is 9.10. The number of anilines is 2. The smallest absolute Gasteiger partial charge is 0.0558 e. The van der Waals surface area contributed by atoms with Crippen molar-refractivity contribution >= 4 is 11.4 Å². The van der Waals surface area contributed by atoms with Crippen LogP contribution in [0.5, 0.6) is 0 Å². The third-order valence-corrected chi connectivity index (χ3v) is 3.67. The minimum atomic E-state index is 0.104. The van der Waals surface area contributed by atoms with Crippen molar-refractivity contribution in [2.75, 3.05) is 50.0 Å². The highest BCUT2D eigenvalue weighted by Gasteiger charge is 2.20. The number of nitrogens with two attached hydrogens (primary N) is 2. The van der Waals surface area contributed by atoms with E-state index in [0.717, 1.165) is 37.4 Å². The summed E-state index contributed by atoms with van der Waals surface area (Å²) >= 11 is 0. The Labute approximate surface area is 114 Å². The van der Waals surface area contributed by atoms with E-state index in [2.05, 4.69) is 21.9 Å². The second-order valence-corrected chi connectivity index (χ2v) is 5.27.